The molecule has 1 aromatic rings. The summed E-state index contributed by atoms with van der Waals surface area (Å²) >= 11 is 0. The Labute approximate surface area is 96.9 Å². The molecule has 0 spiro atoms. The molecule has 0 aliphatic carbocycles. The molecule has 0 heterocycles. The van der Waals surface area contributed by atoms with Crippen molar-refractivity contribution < 1.29 is 24.9 Å². The number of aliphatic imine (C=N–C) groups is 1. The van der Waals surface area contributed by atoms with E-state index in [1.807, 2.05) is 0 Å². The Kier molecular flexibility index (Phi) is 4.21. The number of aromatic hydroxyl groups is 1. The van der Waals surface area contributed by atoms with Crippen LogP contribution >= 0.6 is 0 Å². The molecule has 1 rings (SSSR count). The van der Waals surface area contributed by atoms with Gasteiger partial charge in [0.05, 0.1) is 6.42 Å². The number of hydrogen-bond acceptors (Lipinski definition) is 4. The number of rotatable bonds is 5. The number of phenolic OH excluding ortho intramolecular Hbond substituents is 1. The highest BCUT2D eigenvalue weighted by molar-refractivity contribution is 5.87. The van der Waals surface area contributed by atoms with E-state index in [0.717, 1.165) is 6.21 Å². The standard InChI is InChI=1S/C11H11NO5/c13-9-4-2-1-3-7(9)6-12-8(11(16)17)5-10(14)15/h1-4,6,8,13H,5H2,(H,14,15)(H,16,17). The van der Waals surface area contributed by atoms with E-state index >= 15 is 0 Å². The number of carboxylic acids is 2. The summed E-state index contributed by atoms with van der Waals surface area (Å²) in [5, 5.41) is 26.6. The molecule has 1 aromatic carbocycles. The number of carboxylic acid groups (broad SMARTS) is 2. The summed E-state index contributed by atoms with van der Waals surface area (Å²) in [5.74, 6) is -2.61. The van der Waals surface area contributed by atoms with Gasteiger partial charge >= 0.3 is 11.9 Å². The molecule has 1 unspecified atom stereocenters. The number of para-hydroxylation sites is 1. The van der Waals surface area contributed by atoms with Crippen LogP contribution in [0.2, 0.25) is 0 Å². The van der Waals surface area contributed by atoms with E-state index < -0.39 is 24.4 Å². The van der Waals surface area contributed by atoms with Gasteiger partial charge in [-0.2, -0.15) is 0 Å². The lowest BCUT2D eigenvalue weighted by Crippen LogP contribution is -2.21. The number of benzene rings is 1. The maximum atomic E-state index is 10.7. The second-order valence-electron chi connectivity index (χ2n) is 3.29. The third kappa shape index (κ3) is 3.94. The van der Waals surface area contributed by atoms with Crippen LogP contribution in [0.3, 0.4) is 0 Å². The second kappa shape index (κ2) is 5.64. The van der Waals surface area contributed by atoms with Gasteiger partial charge in [-0.3, -0.25) is 9.79 Å². The molecule has 0 amide bonds. The normalized spacial score (nSPS) is 12.5. The average molecular weight is 237 g/mol. The number of nitrogens with zero attached hydrogens (tertiary/aromatic N) is 1. The van der Waals surface area contributed by atoms with Gasteiger partial charge in [-0.15, -0.1) is 0 Å². The summed E-state index contributed by atoms with van der Waals surface area (Å²) in [6.45, 7) is 0. The van der Waals surface area contributed by atoms with E-state index in [0.29, 0.717) is 5.56 Å². The minimum absolute atomic E-state index is 0.0456. The Hall–Kier alpha value is -2.37. The average Bonchev–Trinajstić information content (AvgIpc) is 2.25. The van der Waals surface area contributed by atoms with Gasteiger partial charge in [0.1, 0.15) is 5.75 Å². The number of carbonyl (C=O) groups is 2. The van der Waals surface area contributed by atoms with E-state index in [-0.39, 0.29) is 5.75 Å². The van der Waals surface area contributed by atoms with Crippen molar-refractivity contribution in [3.8, 4) is 5.75 Å². The smallest absolute Gasteiger partial charge is 0.329 e. The summed E-state index contributed by atoms with van der Waals surface area (Å²) in [4.78, 5) is 24.7. The van der Waals surface area contributed by atoms with Crippen LogP contribution in [0.25, 0.3) is 0 Å². The van der Waals surface area contributed by atoms with Gasteiger partial charge < -0.3 is 15.3 Å². The van der Waals surface area contributed by atoms with E-state index in [2.05, 4.69) is 4.99 Å². The number of hydrogen-bond donors (Lipinski definition) is 3. The van der Waals surface area contributed by atoms with E-state index in [4.69, 9.17) is 10.2 Å². The fourth-order valence-corrected chi connectivity index (χ4v) is 1.14. The van der Waals surface area contributed by atoms with Crippen LogP contribution in [0.4, 0.5) is 0 Å². The first-order valence-corrected chi connectivity index (χ1v) is 4.76. The second-order valence-corrected chi connectivity index (χ2v) is 3.29. The van der Waals surface area contributed by atoms with Gasteiger partial charge in [0, 0.05) is 11.8 Å². The lowest BCUT2D eigenvalue weighted by molar-refractivity contribution is -0.144. The monoisotopic (exact) mass is 237 g/mol. The molecule has 1 atom stereocenters. The highest BCUT2D eigenvalue weighted by Crippen LogP contribution is 2.13. The van der Waals surface area contributed by atoms with Crippen molar-refractivity contribution >= 4 is 18.2 Å². The topological polar surface area (TPSA) is 107 Å². The Balaban J connectivity index is 2.83. The lowest BCUT2D eigenvalue weighted by Gasteiger charge is -2.03. The highest BCUT2D eigenvalue weighted by Gasteiger charge is 2.19. The van der Waals surface area contributed by atoms with Crippen LogP contribution in [-0.4, -0.2) is 39.5 Å². The minimum Gasteiger partial charge on any atom is -0.507 e. The predicted octanol–water partition coefficient (Wildman–Crippen LogP) is 0.739. The fourth-order valence-electron chi connectivity index (χ4n) is 1.14. The van der Waals surface area contributed by atoms with Crippen LogP contribution in [0, 0.1) is 0 Å². The molecular formula is C11H11NO5. The van der Waals surface area contributed by atoms with E-state index in [1.54, 1.807) is 18.2 Å². The zero-order valence-electron chi connectivity index (χ0n) is 8.78. The Morgan fingerprint density at radius 2 is 1.94 bits per heavy atom. The highest BCUT2D eigenvalue weighted by atomic mass is 16.4. The first-order chi connectivity index (χ1) is 8.00. The third-order valence-electron chi connectivity index (χ3n) is 1.98. The molecule has 0 bridgehead atoms. The lowest BCUT2D eigenvalue weighted by atomic mass is 10.2. The molecule has 0 radical (unpaired) electrons. The third-order valence-corrected chi connectivity index (χ3v) is 1.98. The summed E-state index contributed by atoms with van der Waals surface area (Å²) in [6, 6.07) is 4.87. The molecule has 0 fully saturated rings. The van der Waals surface area contributed by atoms with E-state index in [1.165, 1.54) is 6.07 Å². The van der Waals surface area contributed by atoms with Crippen LogP contribution in [0.1, 0.15) is 12.0 Å². The van der Waals surface area contributed by atoms with Crippen LogP contribution < -0.4 is 0 Å². The van der Waals surface area contributed by atoms with Gasteiger partial charge in [0.25, 0.3) is 0 Å². The Morgan fingerprint density at radius 1 is 1.29 bits per heavy atom. The van der Waals surface area contributed by atoms with Crippen molar-refractivity contribution in [2.24, 2.45) is 4.99 Å². The van der Waals surface area contributed by atoms with Gasteiger partial charge in [-0.25, -0.2) is 4.79 Å². The summed E-state index contributed by atoms with van der Waals surface area (Å²) in [7, 11) is 0. The molecule has 3 N–H and O–H groups in total. The minimum atomic E-state index is -1.35. The van der Waals surface area contributed by atoms with Crippen LogP contribution in [-0.2, 0) is 9.59 Å². The zero-order chi connectivity index (χ0) is 12.8. The SMILES string of the molecule is O=C(O)CC(N=Cc1ccccc1O)C(=O)O. The Morgan fingerprint density at radius 3 is 2.47 bits per heavy atom. The van der Waals surface area contributed by atoms with Gasteiger partial charge in [-0.05, 0) is 12.1 Å². The summed E-state index contributed by atoms with van der Waals surface area (Å²) in [5.41, 5.74) is 0.337. The van der Waals surface area contributed by atoms with Gasteiger partial charge in [0.15, 0.2) is 6.04 Å². The maximum absolute atomic E-state index is 10.7. The van der Waals surface area contributed by atoms with Crippen LogP contribution in [0.5, 0.6) is 5.75 Å². The van der Waals surface area contributed by atoms with Crippen molar-refractivity contribution in [3.63, 3.8) is 0 Å². The number of aliphatic carboxylic acids is 2. The first kappa shape index (κ1) is 12.7. The molecule has 0 saturated carbocycles. The molecule has 6 heteroatoms. The quantitative estimate of drug-likeness (QED) is 0.654. The van der Waals surface area contributed by atoms with Gasteiger partial charge in [0.2, 0.25) is 0 Å². The fraction of sp³-hybridized carbons (Fsp3) is 0.182. The summed E-state index contributed by atoms with van der Waals surface area (Å²) in [6.07, 6.45) is 0.552. The molecule has 90 valence electrons. The predicted molar refractivity (Wildman–Crippen MR) is 59.4 cm³/mol. The van der Waals surface area contributed by atoms with Crippen molar-refractivity contribution in [3.05, 3.63) is 29.8 Å². The number of phenols is 1. The maximum Gasteiger partial charge on any atom is 0.329 e. The van der Waals surface area contributed by atoms with Gasteiger partial charge in [-0.1, -0.05) is 12.1 Å². The zero-order valence-corrected chi connectivity index (χ0v) is 8.78. The van der Waals surface area contributed by atoms with Crippen molar-refractivity contribution in [2.45, 2.75) is 12.5 Å². The molecule has 0 aliphatic heterocycles. The Bertz CT molecular complexity index is 455. The van der Waals surface area contributed by atoms with Crippen molar-refractivity contribution in [1.29, 1.82) is 0 Å². The van der Waals surface area contributed by atoms with Crippen LogP contribution in [0.15, 0.2) is 29.3 Å². The first-order valence-electron chi connectivity index (χ1n) is 4.76. The molecule has 6 nitrogen and oxygen atoms in total. The molecule has 0 saturated heterocycles. The molecule has 0 aromatic heterocycles. The largest absolute Gasteiger partial charge is 0.507 e. The van der Waals surface area contributed by atoms with Crippen molar-refractivity contribution in [2.75, 3.05) is 0 Å². The van der Waals surface area contributed by atoms with Crippen molar-refractivity contribution in [1.82, 2.24) is 0 Å². The van der Waals surface area contributed by atoms with E-state index in [9.17, 15) is 14.7 Å². The molecular weight excluding hydrogens is 226 g/mol. The summed E-state index contributed by atoms with van der Waals surface area (Å²) < 4.78 is 0. The molecule has 17 heavy (non-hydrogen) atoms. The molecule has 0 aliphatic rings.